The van der Waals surface area contributed by atoms with Gasteiger partial charge in [0.05, 0.1) is 15.8 Å². The highest BCUT2D eigenvalue weighted by Crippen LogP contribution is 2.23. The van der Waals surface area contributed by atoms with Crippen LogP contribution in [0.1, 0.15) is 25.6 Å². The van der Waals surface area contributed by atoms with Crippen LogP contribution < -0.4 is 10.4 Å². The Morgan fingerprint density at radius 3 is 2.53 bits per heavy atom. The Morgan fingerprint density at radius 2 is 2.11 bits per heavy atom. The van der Waals surface area contributed by atoms with E-state index in [9.17, 15) is 14.7 Å². The van der Waals surface area contributed by atoms with E-state index in [1.165, 1.54) is 11.3 Å². The molecule has 0 bridgehead atoms. The van der Waals surface area contributed by atoms with E-state index >= 15 is 0 Å². The third kappa shape index (κ3) is 6.07. The van der Waals surface area contributed by atoms with Gasteiger partial charge in [-0.25, -0.2) is 4.79 Å². The number of alkyl carbamates (subject to hydrolysis) is 1. The predicted octanol–water partition coefficient (Wildman–Crippen LogP) is 1.70. The second kappa shape index (κ2) is 6.38. The molecule has 0 aromatic carbocycles. The highest BCUT2D eigenvalue weighted by Gasteiger charge is 2.20. The molecule has 0 radical (unpaired) electrons. The average molecular weight is 349 g/mol. The Bertz CT molecular complexity index is 467. The summed E-state index contributed by atoms with van der Waals surface area (Å²) in [7, 11) is 0. The van der Waals surface area contributed by atoms with Gasteiger partial charge >= 0.3 is 6.09 Å². The highest BCUT2D eigenvalue weighted by molar-refractivity contribution is 9.11. The summed E-state index contributed by atoms with van der Waals surface area (Å²) in [6, 6.07) is 2.50. The lowest BCUT2D eigenvalue weighted by Gasteiger charge is -2.23. The zero-order valence-corrected chi connectivity index (χ0v) is 13.3. The van der Waals surface area contributed by atoms with E-state index in [-0.39, 0.29) is 6.42 Å². The second-order valence-electron chi connectivity index (χ2n) is 4.93. The number of hydrogen-bond donors (Lipinski definition) is 1. The maximum Gasteiger partial charge on any atom is 0.408 e. The van der Waals surface area contributed by atoms with Crippen molar-refractivity contribution in [1.82, 2.24) is 5.32 Å². The van der Waals surface area contributed by atoms with Gasteiger partial charge in [0.15, 0.2) is 0 Å². The number of carboxylic acids is 1. The largest absolute Gasteiger partial charge is 0.548 e. The van der Waals surface area contributed by atoms with Crippen molar-refractivity contribution in [2.24, 2.45) is 0 Å². The van der Waals surface area contributed by atoms with Crippen molar-refractivity contribution in [3.8, 4) is 0 Å². The quantitative estimate of drug-likeness (QED) is 0.897. The molecule has 0 aliphatic rings. The molecule has 1 aromatic rings. The zero-order chi connectivity index (χ0) is 14.6. The molecule has 1 aromatic heterocycles. The fraction of sp³-hybridized carbons (Fsp3) is 0.500. The van der Waals surface area contributed by atoms with Crippen molar-refractivity contribution in [2.45, 2.75) is 38.8 Å². The number of amides is 1. The van der Waals surface area contributed by atoms with E-state index in [1.807, 2.05) is 6.07 Å². The molecule has 1 amide bonds. The predicted molar refractivity (Wildman–Crippen MR) is 73.9 cm³/mol. The maximum atomic E-state index is 11.5. The summed E-state index contributed by atoms with van der Waals surface area (Å²) in [5.41, 5.74) is -0.674. The first-order valence-corrected chi connectivity index (χ1v) is 7.23. The summed E-state index contributed by atoms with van der Waals surface area (Å²) >= 11 is 4.70. The molecule has 0 spiro atoms. The molecule has 1 atom stereocenters. The second-order valence-corrected chi connectivity index (χ2v) is 7.48. The number of ether oxygens (including phenoxy) is 1. The number of halogens is 1. The van der Waals surface area contributed by atoms with Gasteiger partial charge in [0.25, 0.3) is 0 Å². The van der Waals surface area contributed by atoms with E-state index in [2.05, 4.69) is 21.2 Å². The molecule has 1 rings (SSSR count). The third-order valence-corrected chi connectivity index (χ3v) is 3.66. The number of carbonyl (C=O) groups excluding carboxylic acids is 2. The summed E-state index contributed by atoms with van der Waals surface area (Å²) in [5.74, 6) is -1.34. The van der Waals surface area contributed by atoms with Crippen molar-refractivity contribution < 1.29 is 19.4 Å². The van der Waals surface area contributed by atoms with Crippen LogP contribution in [0.3, 0.4) is 0 Å². The van der Waals surface area contributed by atoms with Crippen LogP contribution in [0.2, 0.25) is 0 Å². The smallest absolute Gasteiger partial charge is 0.408 e. The van der Waals surface area contributed by atoms with Crippen LogP contribution in [0.15, 0.2) is 15.9 Å². The van der Waals surface area contributed by atoms with E-state index in [4.69, 9.17) is 4.74 Å². The van der Waals surface area contributed by atoms with Crippen LogP contribution in [0.25, 0.3) is 0 Å². The van der Waals surface area contributed by atoms with Crippen LogP contribution in [-0.4, -0.2) is 23.7 Å². The Balaban J connectivity index is 2.63. The maximum absolute atomic E-state index is 11.5. The molecule has 106 valence electrons. The van der Waals surface area contributed by atoms with Gasteiger partial charge in [0.1, 0.15) is 5.60 Å². The molecular formula is C12H15BrNO4S-. The van der Waals surface area contributed by atoms with Gasteiger partial charge in [0.2, 0.25) is 0 Å². The van der Waals surface area contributed by atoms with Crippen LogP contribution in [0.5, 0.6) is 0 Å². The third-order valence-electron chi connectivity index (χ3n) is 2.01. The van der Waals surface area contributed by atoms with Gasteiger partial charge in [-0.3, -0.25) is 0 Å². The number of thiophene rings is 1. The van der Waals surface area contributed by atoms with Gasteiger partial charge in [-0.15, -0.1) is 11.3 Å². The SMILES string of the molecule is CC(C)(C)OC(=O)N[C@@H](Cc1ccc(Br)s1)C(=O)[O-]. The number of rotatable bonds is 4. The molecule has 0 saturated heterocycles. The lowest BCUT2D eigenvalue weighted by molar-refractivity contribution is -0.308. The van der Waals surface area contributed by atoms with Crippen LogP contribution >= 0.6 is 27.3 Å². The van der Waals surface area contributed by atoms with E-state index in [0.717, 1.165) is 8.66 Å². The minimum absolute atomic E-state index is 0.165. The summed E-state index contributed by atoms with van der Waals surface area (Å²) < 4.78 is 5.91. The average Bonchev–Trinajstić information content (AvgIpc) is 2.60. The molecule has 0 saturated carbocycles. The summed E-state index contributed by atoms with van der Waals surface area (Å²) in [6.07, 6.45) is -0.602. The van der Waals surface area contributed by atoms with Crippen LogP contribution in [-0.2, 0) is 16.0 Å². The topological polar surface area (TPSA) is 78.5 Å². The molecule has 1 N–H and O–H groups in total. The number of carboxylic acid groups (broad SMARTS) is 1. The minimum Gasteiger partial charge on any atom is -0.548 e. The van der Waals surface area contributed by atoms with Crippen molar-refractivity contribution in [3.63, 3.8) is 0 Å². The molecular weight excluding hydrogens is 334 g/mol. The first kappa shape index (κ1) is 16.0. The molecule has 0 fully saturated rings. The lowest BCUT2D eigenvalue weighted by atomic mass is 10.2. The van der Waals surface area contributed by atoms with Crippen molar-refractivity contribution in [1.29, 1.82) is 0 Å². The Hall–Kier alpha value is -1.08. The van der Waals surface area contributed by atoms with E-state index in [1.54, 1.807) is 26.8 Å². The molecule has 0 aliphatic heterocycles. The monoisotopic (exact) mass is 348 g/mol. The standard InChI is InChI=1S/C12H16BrNO4S/c1-12(2,3)18-11(17)14-8(10(15)16)6-7-4-5-9(13)19-7/h4-5,8H,6H2,1-3H3,(H,14,17)(H,15,16)/p-1/t8-/m0/s1. The van der Waals surface area contributed by atoms with Gasteiger partial charge in [-0.1, -0.05) is 0 Å². The van der Waals surface area contributed by atoms with Gasteiger partial charge < -0.3 is 20.0 Å². The fourth-order valence-corrected chi connectivity index (χ4v) is 2.83. The van der Waals surface area contributed by atoms with E-state index < -0.39 is 23.7 Å². The number of aliphatic carboxylic acids is 1. The normalized spacial score (nSPS) is 12.8. The van der Waals surface area contributed by atoms with Crippen molar-refractivity contribution in [3.05, 3.63) is 20.8 Å². The molecule has 19 heavy (non-hydrogen) atoms. The molecule has 5 nitrogen and oxygen atoms in total. The minimum atomic E-state index is -1.34. The van der Waals surface area contributed by atoms with Crippen LogP contribution in [0, 0.1) is 0 Å². The Kier molecular flexibility index (Phi) is 5.37. The first-order valence-electron chi connectivity index (χ1n) is 5.62. The lowest BCUT2D eigenvalue weighted by Crippen LogP contribution is -2.50. The number of hydrogen-bond acceptors (Lipinski definition) is 5. The summed E-state index contributed by atoms with van der Waals surface area (Å²) in [4.78, 5) is 23.4. The molecule has 0 unspecified atom stereocenters. The first-order chi connectivity index (χ1) is 8.67. The zero-order valence-electron chi connectivity index (χ0n) is 10.9. The number of carbonyl (C=O) groups is 2. The molecule has 0 aliphatic carbocycles. The van der Waals surface area contributed by atoms with Crippen molar-refractivity contribution >= 4 is 39.3 Å². The Morgan fingerprint density at radius 1 is 1.47 bits per heavy atom. The van der Waals surface area contributed by atoms with Gasteiger partial charge in [-0.05, 0) is 48.8 Å². The van der Waals surface area contributed by atoms with Gasteiger partial charge in [-0.2, -0.15) is 0 Å². The Labute approximate surface area is 124 Å². The summed E-state index contributed by atoms with van der Waals surface area (Å²) in [5, 5.41) is 13.3. The van der Waals surface area contributed by atoms with Crippen LogP contribution in [0.4, 0.5) is 4.79 Å². The van der Waals surface area contributed by atoms with E-state index in [0.29, 0.717) is 0 Å². The van der Waals surface area contributed by atoms with Gasteiger partial charge in [0, 0.05) is 11.3 Å². The molecule has 1 heterocycles. The van der Waals surface area contributed by atoms with Crippen molar-refractivity contribution in [2.75, 3.05) is 0 Å². The summed E-state index contributed by atoms with van der Waals surface area (Å²) in [6.45, 7) is 5.12. The highest BCUT2D eigenvalue weighted by atomic mass is 79.9. The fourth-order valence-electron chi connectivity index (χ4n) is 1.31. The number of nitrogens with one attached hydrogen (secondary N) is 1. The molecule has 7 heteroatoms.